The summed E-state index contributed by atoms with van der Waals surface area (Å²) < 4.78 is 7.75. The number of ether oxygens (including phenoxy) is 1. The molecule has 0 radical (unpaired) electrons. The lowest BCUT2D eigenvalue weighted by molar-refractivity contribution is 0.303. The summed E-state index contributed by atoms with van der Waals surface area (Å²) in [6.45, 7) is 0.808. The summed E-state index contributed by atoms with van der Waals surface area (Å²) >= 11 is 10.5. The van der Waals surface area contributed by atoms with Gasteiger partial charge in [-0.2, -0.15) is 0 Å². The van der Waals surface area contributed by atoms with Gasteiger partial charge in [0.25, 0.3) is 0 Å². The first-order valence-electron chi connectivity index (χ1n) is 4.60. The van der Waals surface area contributed by atoms with Gasteiger partial charge in [-0.3, -0.25) is 9.36 Å². The molecule has 1 aromatic carbocycles. The average molecular weight is 270 g/mol. The normalized spacial score (nSPS) is 10.5. The van der Waals surface area contributed by atoms with Crippen LogP contribution < -0.4 is 4.87 Å². The van der Waals surface area contributed by atoms with Crippen LogP contribution in [0.4, 0.5) is 0 Å². The van der Waals surface area contributed by atoms with E-state index in [1.54, 1.807) is 4.57 Å². The molecule has 2 rings (SSSR count). The smallest absolute Gasteiger partial charge is 0.308 e. The standard InChI is InChI=1S/C10H9NO2S3/c12-9-11(5-6-13-10(14)15)7-3-1-2-4-8(7)16-9/h1-4H,5-6H2,(H,14,15)/p-1. The summed E-state index contributed by atoms with van der Waals surface area (Å²) in [6, 6.07) is 7.66. The molecular weight excluding hydrogens is 262 g/mol. The summed E-state index contributed by atoms with van der Waals surface area (Å²) in [6.07, 6.45) is 0. The average Bonchev–Trinajstić information content (AvgIpc) is 2.55. The third kappa shape index (κ3) is 2.40. The van der Waals surface area contributed by atoms with Crippen LogP contribution in [0.15, 0.2) is 29.1 Å². The number of benzene rings is 1. The number of para-hydroxylation sites is 1. The maximum absolute atomic E-state index is 11.7. The van der Waals surface area contributed by atoms with Crippen molar-refractivity contribution in [3.05, 3.63) is 33.9 Å². The van der Waals surface area contributed by atoms with E-state index in [-0.39, 0.29) is 9.26 Å². The predicted octanol–water partition coefficient (Wildman–Crippen LogP) is 1.91. The fourth-order valence-corrected chi connectivity index (χ4v) is 2.53. The summed E-state index contributed by atoms with van der Waals surface area (Å²) in [5.74, 6) is 0. The largest absolute Gasteiger partial charge is 0.512 e. The maximum Gasteiger partial charge on any atom is 0.308 e. The Balaban J connectivity index is 2.26. The van der Waals surface area contributed by atoms with Crippen molar-refractivity contribution < 1.29 is 4.74 Å². The van der Waals surface area contributed by atoms with E-state index in [2.05, 4.69) is 24.8 Å². The highest BCUT2D eigenvalue weighted by atomic mass is 32.1. The van der Waals surface area contributed by atoms with Crippen LogP contribution in [0.25, 0.3) is 10.2 Å². The highest BCUT2D eigenvalue weighted by molar-refractivity contribution is 7.99. The first kappa shape index (κ1) is 11.5. The highest BCUT2D eigenvalue weighted by Gasteiger charge is 2.05. The second-order valence-corrected chi connectivity index (χ2v) is 5.08. The maximum atomic E-state index is 11.7. The zero-order valence-corrected chi connectivity index (χ0v) is 10.7. The molecule has 0 aliphatic carbocycles. The van der Waals surface area contributed by atoms with Crippen LogP contribution in [0.3, 0.4) is 0 Å². The minimum absolute atomic E-state index is 0.0140. The molecule has 0 amide bonds. The minimum atomic E-state index is 0.0140. The van der Waals surface area contributed by atoms with Crippen molar-refractivity contribution in [1.82, 2.24) is 4.57 Å². The summed E-state index contributed by atoms with van der Waals surface area (Å²) in [4.78, 5) is 11.7. The van der Waals surface area contributed by atoms with Crippen LogP contribution in [0.5, 0.6) is 0 Å². The Bertz CT molecular complexity index is 573. The predicted molar refractivity (Wildman–Crippen MR) is 72.0 cm³/mol. The lowest BCUT2D eigenvalue weighted by atomic mass is 10.3. The van der Waals surface area contributed by atoms with Crippen molar-refractivity contribution >= 4 is 50.8 Å². The summed E-state index contributed by atoms with van der Waals surface area (Å²) in [7, 11) is 0. The van der Waals surface area contributed by atoms with Crippen LogP contribution in [-0.2, 0) is 23.9 Å². The van der Waals surface area contributed by atoms with Crippen LogP contribution in [0, 0.1) is 0 Å². The van der Waals surface area contributed by atoms with Crippen molar-refractivity contribution in [2.45, 2.75) is 6.54 Å². The van der Waals surface area contributed by atoms with Gasteiger partial charge in [-0.15, -0.1) is 0 Å². The van der Waals surface area contributed by atoms with E-state index in [9.17, 15) is 4.79 Å². The summed E-state index contributed by atoms with van der Waals surface area (Å²) in [5, 5.41) is 0. The molecule has 6 heteroatoms. The Morgan fingerprint density at radius 1 is 1.50 bits per heavy atom. The van der Waals surface area contributed by atoms with Gasteiger partial charge < -0.3 is 29.6 Å². The van der Waals surface area contributed by atoms with Gasteiger partial charge in [-0.1, -0.05) is 23.5 Å². The second-order valence-electron chi connectivity index (χ2n) is 3.09. The third-order valence-electron chi connectivity index (χ3n) is 2.11. The molecule has 0 atom stereocenters. The topological polar surface area (TPSA) is 31.2 Å². The van der Waals surface area contributed by atoms with E-state index < -0.39 is 0 Å². The number of fused-ring (bicyclic) bond motifs is 1. The molecule has 1 aromatic heterocycles. The molecule has 3 nitrogen and oxygen atoms in total. The van der Waals surface area contributed by atoms with Gasteiger partial charge in [-0.05, 0) is 12.1 Å². The molecule has 0 aliphatic heterocycles. The number of hydrogen-bond donors (Lipinski definition) is 0. The fraction of sp³-hybridized carbons (Fsp3) is 0.200. The molecule has 0 unspecified atom stereocenters. The van der Waals surface area contributed by atoms with Gasteiger partial charge in [0, 0.05) is 4.38 Å². The van der Waals surface area contributed by atoms with Crippen molar-refractivity contribution in [2.24, 2.45) is 0 Å². The van der Waals surface area contributed by atoms with Gasteiger partial charge in [0.15, 0.2) is 0 Å². The van der Waals surface area contributed by atoms with Gasteiger partial charge in [0.05, 0.1) is 16.8 Å². The molecule has 84 valence electrons. The van der Waals surface area contributed by atoms with Crippen LogP contribution in [0.1, 0.15) is 0 Å². The lowest BCUT2D eigenvalue weighted by Gasteiger charge is -2.09. The molecule has 0 saturated carbocycles. The van der Waals surface area contributed by atoms with Crippen LogP contribution in [0.2, 0.25) is 0 Å². The molecule has 0 spiro atoms. The molecule has 0 aliphatic rings. The molecule has 16 heavy (non-hydrogen) atoms. The number of thiocarbonyl (C=S) groups is 1. The van der Waals surface area contributed by atoms with E-state index in [4.69, 9.17) is 4.74 Å². The Morgan fingerprint density at radius 3 is 3.00 bits per heavy atom. The molecular formula is C10H8NO2S3-. The van der Waals surface area contributed by atoms with E-state index in [0.29, 0.717) is 13.2 Å². The van der Waals surface area contributed by atoms with Crippen molar-refractivity contribution in [3.63, 3.8) is 0 Å². The molecule has 0 fully saturated rings. The Kier molecular flexibility index (Phi) is 3.52. The fourth-order valence-electron chi connectivity index (χ4n) is 1.45. The zero-order chi connectivity index (χ0) is 11.5. The number of thiazole rings is 1. The highest BCUT2D eigenvalue weighted by Crippen LogP contribution is 2.15. The Hall–Kier alpha value is -0.980. The molecule has 2 aromatic rings. The van der Waals surface area contributed by atoms with Gasteiger partial charge in [0.2, 0.25) is 0 Å². The lowest BCUT2D eigenvalue weighted by Crippen LogP contribution is -2.17. The van der Waals surface area contributed by atoms with Gasteiger partial charge >= 0.3 is 4.87 Å². The van der Waals surface area contributed by atoms with Crippen molar-refractivity contribution in [3.8, 4) is 0 Å². The van der Waals surface area contributed by atoms with E-state index >= 15 is 0 Å². The molecule has 0 saturated heterocycles. The van der Waals surface area contributed by atoms with Gasteiger partial charge in [-0.25, -0.2) is 0 Å². The third-order valence-corrected chi connectivity index (χ3v) is 3.30. The van der Waals surface area contributed by atoms with E-state index in [1.165, 1.54) is 11.3 Å². The van der Waals surface area contributed by atoms with Crippen LogP contribution >= 0.6 is 23.6 Å². The molecule has 1 heterocycles. The Labute approximate surface area is 107 Å². The van der Waals surface area contributed by atoms with Gasteiger partial charge in [0.1, 0.15) is 6.61 Å². The van der Waals surface area contributed by atoms with E-state index in [0.717, 1.165) is 10.2 Å². The number of nitrogens with zero attached hydrogens (tertiary/aromatic N) is 1. The van der Waals surface area contributed by atoms with E-state index in [1.807, 2.05) is 24.3 Å². The minimum Gasteiger partial charge on any atom is -0.512 e. The second kappa shape index (κ2) is 4.90. The SMILES string of the molecule is O=c1sc2ccccc2n1CCOC(=S)[S-]. The molecule has 0 N–H and O–H groups in total. The number of aromatic nitrogens is 1. The first-order valence-corrected chi connectivity index (χ1v) is 6.24. The quantitative estimate of drug-likeness (QED) is 0.630. The first-order chi connectivity index (χ1) is 7.68. The summed E-state index contributed by atoms with van der Waals surface area (Å²) in [5.41, 5.74) is 0.927. The monoisotopic (exact) mass is 270 g/mol. The Morgan fingerprint density at radius 2 is 2.25 bits per heavy atom. The van der Waals surface area contributed by atoms with Crippen molar-refractivity contribution in [1.29, 1.82) is 0 Å². The number of rotatable bonds is 3. The zero-order valence-electron chi connectivity index (χ0n) is 8.21. The van der Waals surface area contributed by atoms with Crippen molar-refractivity contribution in [2.75, 3.05) is 6.61 Å². The molecule has 0 bridgehead atoms. The van der Waals surface area contributed by atoms with Crippen LogP contribution in [-0.4, -0.2) is 15.6 Å². The number of hydrogen-bond acceptors (Lipinski definition) is 5.